The molecular formula is C24H40N4O4. The van der Waals surface area contributed by atoms with Gasteiger partial charge in [0, 0.05) is 26.2 Å². The first-order valence-electron chi connectivity index (χ1n) is 11.7. The standard InChI is InChI=1S/C24H40N4O4/c1-6-25-24(28-13-11-20(12-14-28)23(29)31-5)26-18-19-9-10-21(22(17-19)30-4)32-16-15-27(7-2)8-3/h9-10,17,20H,6-8,11-16,18H2,1-5H3,(H,25,26). The molecule has 1 N–H and O–H groups in total. The second kappa shape index (κ2) is 13.8. The van der Waals surface area contributed by atoms with E-state index in [0.29, 0.717) is 13.2 Å². The van der Waals surface area contributed by atoms with Crippen LogP contribution in [0.25, 0.3) is 0 Å². The number of nitrogens with zero attached hydrogens (tertiary/aromatic N) is 3. The van der Waals surface area contributed by atoms with Crippen LogP contribution in [0.5, 0.6) is 11.5 Å². The minimum atomic E-state index is -0.113. The van der Waals surface area contributed by atoms with Gasteiger partial charge < -0.3 is 29.3 Å². The Balaban J connectivity index is 1.99. The fourth-order valence-corrected chi connectivity index (χ4v) is 3.84. The Kier molecular flexibility index (Phi) is 11.1. The lowest BCUT2D eigenvalue weighted by Gasteiger charge is -2.33. The molecule has 1 aromatic rings. The molecule has 0 aromatic heterocycles. The SMILES string of the molecule is CCNC(=NCc1ccc(OCCN(CC)CC)c(OC)c1)N1CCC(C(=O)OC)CC1. The number of likely N-dealkylation sites (tertiary alicyclic amines) is 1. The van der Waals surface area contributed by atoms with E-state index in [1.807, 2.05) is 18.2 Å². The summed E-state index contributed by atoms with van der Waals surface area (Å²) in [5.74, 6) is 2.22. The monoisotopic (exact) mass is 448 g/mol. The van der Waals surface area contributed by atoms with Gasteiger partial charge in [0.25, 0.3) is 0 Å². The van der Waals surface area contributed by atoms with Crippen LogP contribution >= 0.6 is 0 Å². The lowest BCUT2D eigenvalue weighted by atomic mass is 9.97. The van der Waals surface area contributed by atoms with Gasteiger partial charge in [-0.1, -0.05) is 19.9 Å². The number of nitrogens with one attached hydrogen (secondary N) is 1. The molecule has 32 heavy (non-hydrogen) atoms. The van der Waals surface area contributed by atoms with Crippen molar-refractivity contribution >= 4 is 11.9 Å². The zero-order chi connectivity index (χ0) is 23.3. The highest BCUT2D eigenvalue weighted by atomic mass is 16.5. The number of likely N-dealkylation sites (N-methyl/N-ethyl adjacent to an activating group) is 1. The minimum absolute atomic E-state index is 0.0161. The van der Waals surface area contributed by atoms with Crippen molar-refractivity contribution < 1.29 is 19.0 Å². The molecule has 180 valence electrons. The number of guanidine groups is 1. The molecule has 1 aromatic carbocycles. The Bertz CT molecular complexity index is 729. The molecule has 0 amide bonds. The summed E-state index contributed by atoms with van der Waals surface area (Å²) >= 11 is 0. The first kappa shape index (κ1) is 25.8. The summed E-state index contributed by atoms with van der Waals surface area (Å²) in [5, 5.41) is 3.37. The summed E-state index contributed by atoms with van der Waals surface area (Å²) in [7, 11) is 3.12. The summed E-state index contributed by atoms with van der Waals surface area (Å²) in [6, 6.07) is 5.98. The van der Waals surface area contributed by atoms with Crippen LogP contribution in [0.1, 0.15) is 39.2 Å². The Morgan fingerprint density at radius 1 is 1.16 bits per heavy atom. The summed E-state index contributed by atoms with van der Waals surface area (Å²) < 4.78 is 16.4. The number of aliphatic imine (C=N–C) groups is 1. The normalized spacial score (nSPS) is 15.1. The van der Waals surface area contributed by atoms with Gasteiger partial charge in [0.1, 0.15) is 6.61 Å². The topological polar surface area (TPSA) is 75.6 Å². The fraction of sp³-hybridized carbons (Fsp3) is 0.667. The number of hydrogen-bond donors (Lipinski definition) is 1. The molecule has 0 radical (unpaired) electrons. The third-order valence-corrected chi connectivity index (χ3v) is 5.86. The van der Waals surface area contributed by atoms with Crippen LogP contribution in [0.4, 0.5) is 0 Å². The fourth-order valence-electron chi connectivity index (χ4n) is 3.84. The quantitative estimate of drug-likeness (QED) is 0.317. The number of piperidine rings is 1. The molecule has 1 heterocycles. The van der Waals surface area contributed by atoms with Crippen molar-refractivity contribution in [3.05, 3.63) is 23.8 Å². The van der Waals surface area contributed by atoms with Crippen LogP contribution in [-0.2, 0) is 16.1 Å². The molecule has 0 aliphatic carbocycles. The number of carbonyl (C=O) groups is 1. The Morgan fingerprint density at radius 3 is 2.47 bits per heavy atom. The van der Waals surface area contributed by atoms with Crippen LogP contribution in [0.15, 0.2) is 23.2 Å². The number of methoxy groups -OCH3 is 2. The Hall–Kier alpha value is -2.48. The molecule has 0 bridgehead atoms. The molecular weight excluding hydrogens is 408 g/mol. The Morgan fingerprint density at radius 2 is 1.88 bits per heavy atom. The van der Waals surface area contributed by atoms with Crippen LogP contribution in [0.3, 0.4) is 0 Å². The first-order chi connectivity index (χ1) is 15.6. The van der Waals surface area contributed by atoms with E-state index in [4.69, 9.17) is 19.2 Å². The number of ether oxygens (including phenoxy) is 3. The zero-order valence-electron chi connectivity index (χ0n) is 20.4. The van der Waals surface area contributed by atoms with E-state index in [1.54, 1.807) is 7.11 Å². The highest BCUT2D eigenvalue weighted by Crippen LogP contribution is 2.28. The maximum Gasteiger partial charge on any atom is 0.308 e. The van der Waals surface area contributed by atoms with Crippen LogP contribution in [0.2, 0.25) is 0 Å². The smallest absolute Gasteiger partial charge is 0.308 e. The highest BCUT2D eigenvalue weighted by molar-refractivity contribution is 5.80. The van der Waals surface area contributed by atoms with Gasteiger partial charge in [-0.3, -0.25) is 4.79 Å². The molecule has 0 saturated carbocycles. The van der Waals surface area contributed by atoms with Crippen molar-refractivity contribution in [1.29, 1.82) is 0 Å². The van der Waals surface area contributed by atoms with E-state index >= 15 is 0 Å². The second-order valence-electron chi connectivity index (χ2n) is 7.82. The first-order valence-corrected chi connectivity index (χ1v) is 11.7. The summed E-state index contributed by atoms with van der Waals surface area (Å²) in [4.78, 5) is 21.1. The Labute approximate surface area is 192 Å². The molecule has 0 atom stereocenters. The van der Waals surface area contributed by atoms with Gasteiger partial charge in [-0.15, -0.1) is 0 Å². The molecule has 0 unspecified atom stereocenters. The largest absolute Gasteiger partial charge is 0.493 e. The maximum absolute atomic E-state index is 11.8. The van der Waals surface area contributed by atoms with Crippen molar-refractivity contribution in [3.63, 3.8) is 0 Å². The predicted molar refractivity (Wildman–Crippen MR) is 127 cm³/mol. The highest BCUT2D eigenvalue weighted by Gasteiger charge is 2.26. The number of esters is 1. The third-order valence-electron chi connectivity index (χ3n) is 5.86. The van der Waals surface area contributed by atoms with Crippen molar-refractivity contribution in [2.45, 2.75) is 40.2 Å². The van der Waals surface area contributed by atoms with E-state index < -0.39 is 0 Å². The van der Waals surface area contributed by atoms with E-state index in [2.05, 4.69) is 35.9 Å². The zero-order valence-corrected chi connectivity index (χ0v) is 20.4. The molecule has 8 nitrogen and oxygen atoms in total. The third kappa shape index (κ3) is 7.58. The molecule has 1 aliphatic heterocycles. The van der Waals surface area contributed by atoms with Gasteiger partial charge in [0.05, 0.1) is 26.7 Å². The van der Waals surface area contributed by atoms with Crippen molar-refractivity contribution in [2.24, 2.45) is 10.9 Å². The predicted octanol–water partition coefficient (Wildman–Crippen LogP) is 2.77. The van der Waals surface area contributed by atoms with E-state index in [0.717, 1.165) is 75.1 Å². The van der Waals surface area contributed by atoms with Crippen LogP contribution in [-0.4, -0.2) is 81.8 Å². The average molecular weight is 449 g/mol. The van der Waals surface area contributed by atoms with Gasteiger partial charge in [-0.05, 0) is 50.6 Å². The van der Waals surface area contributed by atoms with Gasteiger partial charge in [0.15, 0.2) is 17.5 Å². The van der Waals surface area contributed by atoms with Gasteiger partial charge in [0.2, 0.25) is 0 Å². The van der Waals surface area contributed by atoms with Crippen molar-refractivity contribution in [1.82, 2.24) is 15.1 Å². The van der Waals surface area contributed by atoms with Crippen LogP contribution in [0, 0.1) is 5.92 Å². The van der Waals surface area contributed by atoms with E-state index in [-0.39, 0.29) is 11.9 Å². The van der Waals surface area contributed by atoms with Crippen LogP contribution < -0.4 is 14.8 Å². The van der Waals surface area contributed by atoms with Gasteiger partial charge >= 0.3 is 5.97 Å². The average Bonchev–Trinajstić information content (AvgIpc) is 2.84. The summed E-state index contributed by atoms with van der Waals surface area (Å²) in [6.07, 6.45) is 1.56. The molecule has 1 saturated heterocycles. The van der Waals surface area contributed by atoms with Crippen molar-refractivity contribution in [3.8, 4) is 11.5 Å². The molecule has 1 aliphatic rings. The minimum Gasteiger partial charge on any atom is -0.493 e. The lowest BCUT2D eigenvalue weighted by Crippen LogP contribution is -2.46. The lowest BCUT2D eigenvalue weighted by molar-refractivity contribution is -0.146. The molecule has 2 rings (SSSR count). The summed E-state index contributed by atoms with van der Waals surface area (Å²) in [5.41, 5.74) is 1.05. The van der Waals surface area contributed by atoms with Crippen molar-refractivity contribution in [2.75, 3.05) is 60.1 Å². The van der Waals surface area contributed by atoms with E-state index in [9.17, 15) is 4.79 Å². The van der Waals surface area contributed by atoms with Gasteiger partial charge in [-0.2, -0.15) is 0 Å². The number of rotatable bonds is 11. The maximum atomic E-state index is 11.8. The number of carbonyl (C=O) groups excluding carboxylic acids is 1. The van der Waals surface area contributed by atoms with E-state index in [1.165, 1.54) is 7.11 Å². The molecule has 1 fully saturated rings. The van der Waals surface area contributed by atoms with Gasteiger partial charge in [-0.25, -0.2) is 4.99 Å². The second-order valence-corrected chi connectivity index (χ2v) is 7.82. The molecule has 8 heteroatoms. The number of hydrogen-bond acceptors (Lipinski definition) is 6. The molecule has 0 spiro atoms. The summed E-state index contributed by atoms with van der Waals surface area (Å²) in [6.45, 7) is 12.8. The number of benzene rings is 1.